The molecule has 134 valence electrons. The number of carboxylic acids is 1. The highest BCUT2D eigenvalue weighted by Gasteiger charge is 2.27. The van der Waals surface area contributed by atoms with Crippen LogP contribution in [0, 0.1) is 0 Å². The van der Waals surface area contributed by atoms with E-state index in [4.69, 9.17) is 14.3 Å². The van der Waals surface area contributed by atoms with Crippen LogP contribution in [0.15, 0.2) is 28.9 Å². The average molecular weight is 345 g/mol. The third-order valence-corrected chi connectivity index (χ3v) is 4.84. The van der Waals surface area contributed by atoms with E-state index < -0.39 is 5.97 Å². The van der Waals surface area contributed by atoms with Crippen LogP contribution < -0.4 is 4.74 Å². The molecule has 6 nitrogen and oxygen atoms in total. The molecule has 1 fully saturated rings. The summed E-state index contributed by atoms with van der Waals surface area (Å²) in [7, 11) is 1.60. The summed E-state index contributed by atoms with van der Waals surface area (Å²) in [5, 5.41) is 9.82. The summed E-state index contributed by atoms with van der Waals surface area (Å²) < 4.78 is 10.7. The number of rotatable bonds is 6. The van der Waals surface area contributed by atoms with Gasteiger partial charge in [-0.1, -0.05) is 0 Å². The molecule has 1 aromatic heterocycles. The number of hydrogen-bond acceptors (Lipinski definition) is 4. The second kappa shape index (κ2) is 7.59. The zero-order chi connectivity index (χ0) is 17.8. The molecule has 0 bridgehead atoms. The van der Waals surface area contributed by atoms with Gasteiger partial charge in [0.15, 0.2) is 0 Å². The van der Waals surface area contributed by atoms with E-state index in [9.17, 15) is 9.59 Å². The molecule has 0 saturated carbocycles. The van der Waals surface area contributed by atoms with Gasteiger partial charge in [-0.15, -0.1) is 0 Å². The first kappa shape index (κ1) is 17.3. The fraction of sp³-hybridized carbons (Fsp3) is 0.474. The number of furan rings is 1. The smallest absolute Gasteiger partial charge is 0.303 e. The summed E-state index contributed by atoms with van der Waals surface area (Å²) >= 11 is 0. The molecule has 6 heteroatoms. The first-order chi connectivity index (χ1) is 12.1. The van der Waals surface area contributed by atoms with Crippen LogP contribution in [-0.4, -0.2) is 41.6 Å². The van der Waals surface area contributed by atoms with Crippen molar-refractivity contribution in [1.82, 2.24) is 4.90 Å². The number of carbonyl (C=O) groups is 2. The maximum absolute atomic E-state index is 12.8. The largest absolute Gasteiger partial charge is 0.497 e. The molecule has 1 aromatic carbocycles. The molecule has 1 N–H and O–H groups in total. The van der Waals surface area contributed by atoms with Gasteiger partial charge in [-0.2, -0.15) is 0 Å². The number of piperidine rings is 1. The third-order valence-electron chi connectivity index (χ3n) is 4.84. The van der Waals surface area contributed by atoms with Crippen molar-refractivity contribution in [3.8, 4) is 5.75 Å². The van der Waals surface area contributed by atoms with Gasteiger partial charge in [0.2, 0.25) is 5.91 Å². The Kier molecular flexibility index (Phi) is 5.26. The average Bonchev–Trinajstić information content (AvgIpc) is 3.02. The maximum Gasteiger partial charge on any atom is 0.303 e. The van der Waals surface area contributed by atoms with Crippen LogP contribution in [0.1, 0.15) is 37.7 Å². The molecular formula is C19H23NO5. The minimum atomic E-state index is -0.812. The number of carbonyl (C=O) groups excluding carboxylic acids is 1. The Labute approximate surface area is 146 Å². The predicted octanol–water partition coefficient (Wildman–Crippen LogP) is 3.23. The third kappa shape index (κ3) is 3.95. The summed E-state index contributed by atoms with van der Waals surface area (Å²) in [6.45, 7) is 0.701. The summed E-state index contributed by atoms with van der Waals surface area (Å²) in [4.78, 5) is 25.5. The SMILES string of the molecule is COc1ccc2c(CC(=O)N3CCCC[C@H]3CCC(=O)O)coc2c1. The molecule has 0 radical (unpaired) electrons. The maximum atomic E-state index is 12.8. The van der Waals surface area contributed by atoms with Crippen LogP contribution in [-0.2, 0) is 16.0 Å². The highest BCUT2D eigenvalue weighted by Crippen LogP contribution is 2.27. The molecule has 1 atom stereocenters. The monoisotopic (exact) mass is 345 g/mol. The molecule has 1 saturated heterocycles. The van der Waals surface area contributed by atoms with E-state index in [-0.39, 0.29) is 24.8 Å². The summed E-state index contributed by atoms with van der Waals surface area (Å²) in [6.07, 6.45) is 5.40. The van der Waals surface area contributed by atoms with E-state index in [2.05, 4.69) is 0 Å². The highest BCUT2D eigenvalue weighted by molar-refractivity contribution is 5.88. The van der Waals surface area contributed by atoms with Crippen molar-refractivity contribution in [2.45, 2.75) is 44.6 Å². The Morgan fingerprint density at radius 1 is 1.36 bits per heavy atom. The minimum absolute atomic E-state index is 0.0237. The van der Waals surface area contributed by atoms with E-state index in [1.165, 1.54) is 0 Å². The van der Waals surface area contributed by atoms with E-state index in [0.717, 1.165) is 30.2 Å². The van der Waals surface area contributed by atoms with Crippen LogP contribution in [0.4, 0.5) is 0 Å². The number of hydrogen-bond donors (Lipinski definition) is 1. The van der Waals surface area contributed by atoms with Crippen LogP contribution in [0.3, 0.4) is 0 Å². The Balaban J connectivity index is 1.73. The molecule has 0 aliphatic carbocycles. The number of benzene rings is 1. The minimum Gasteiger partial charge on any atom is -0.497 e. The number of likely N-dealkylation sites (tertiary alicyclic amines) is 1. The Morgan fingerprint density at radius 3 is 2.96 bits per heavy atom. The van der Waals surface area contributed by atoms with Crippen molar-refractivity contribution in [2.75, 3.05) is 13.7 Å². The summed E-state index contributed by atoms with van der Waals surface area (Å²) in [6, 6.07) is 5.58. The zero-order valence-electron chi connectivity index (χ0n) is 14.4. The van der Waals surface area contributed by atoms with Gasteiger partial charge in [0, 0.05) is 36.0 Å². The number of methoxy groups -OCH3 is 1. The van der Waals surface area contributed by atoms with Gasteiger partial charge in [0.1, 0.15) is 11.3 Å². The van der Waals surface area contributed by atoms with Gasteiger partial charge >= 0.3 is 5.97 Å². The number of carboxylic acid groups (broad SMARTS) is 1. The highest BCUT2D eigenvalue weighted by atomic mass is 16.5. The van der Waals surface area contributed by atoms with Crippen molar-refractivity contribution in [3.05, 3.63) is 30.0 Å². The second-order valence-electron chi connectivity index (χ2n) is 6.47. The number of ether oxygens (including phenoxy) is 1. The lowest BCUT2D eigenvalue weighted by atomic mass is 9.97. The molecular weight excluding hydrogens is 322 g/mol. The molecule has 0 unspecified atom stereocenters. The topological polar surface area (TPSA) is 80.0 Å². The Hall–Kier alpha value is -2.50. The van der Waals surface area contributed by atoms with E-state index >= 15 is 0 Å². The van der Waals surface area contributed by atoms with E-state index in [0.29, 0.717) is 24.3 Å². The van der Waals surface area contributed by atoms with Gasteiger partial charge in [-0.25, -0.2) is 0 Å². The summed E-state index contributed by atoms with van der Waals surface area (Å²) in [5.41, 5.74) is 1.55. The zero-order valence-corrected chi connectivity index (χ0v) is 14.4. The second-order valence-corrected chi connectivity index (χ2v) is 6.47. The molecule has 0 spiro atoms. The first-order valence-electron chi connectivity index (χ1n) is 8.64. The molecule has 2 aromatic rings. The van der Waals surface area contributed by atoms with Gasteiger partial charge in [0.25, 0.3) is 0 Å². The lowest BCUT2D eigenvalue weighted by Crippen LogP contribution is -2.44. The molecule has 1 amide bonds. The van der Waals surface area contributed by atoms with E-state index in [1.54, 1.807) is 19.4 Å². The van der Waals surface area contributed by atoms with Crippen molar-refractivity contribution in [3.63, 3.8) is 0 Å². The van der Waals surface area contributed by atoms with Crippen LogP contribution in [0.25, 0.3) is 11.0 Å². The van der Waals surface area contributed by atoms with Crippen LogP contribution in [0.2, 0.25) is 0 Å². The fourth-order valence-electron chi connectivity index (χ4n) is 3.51. The number of nitrogens with zero attached hydrogens (tertiary/aromatic N) is 1. The predicted molar refractivity (Wildman–Crippen MR) is 92.7 cm³/mol. The normalized spacial score (nSPS) is 17.6. The van der Waals surface area contributed by atoms with Crippen molar-refractivity contribution >= 4 is 22.8 Å². The standard InChI is InChI=1S/C19H23NO5/c1-24-15-6-7-16-13(12-25-17(16)11-15)10-18(21)20-9-3-2-4-14(20)5-8-19(22)23/h6-7,11-12,14H,2-5,8-10H2,1H3,(H,22,23)/t14-/m0/s1. The van der Waals surface area contributed by atoms with Crippen molar-refractivity contribution < 1.29 is 23.8 Å². The quantitative estimate of drug-likeness (QED) is 0.869. The number of aliphatic carboxylic acids is 1. The van der Waals surface area contributed by atoms with E-state index in [1.807, 2.05) is 17.0 Å². The van der Waals surface area contributed by atoms with Gasteiger partial charge in [0.05, 0.1) is 19.8 Å². The molecule has 1 aliphatic heterocycles. The molecule has 25 heavy (non-hydrogen) atoms. The van der Waals surface area contributed by atoms with Crippen molar-refractivity contribution in [2.24, 2.45) is 0 Å². The van der Waals surface area contributed by atoms with Gasteiger partial charge < -0.3 is 19.2 Å². The number of amides is 1. The summed E-state index contributed by atoms with van der Waals surface area (Å²) in [5.74, 6) is -0.0640. The fourth-order valence-corrected chi connectivity index (χ4v) is 3.51. The van der Waals surface area contributed by atoms with Crippen molar-refractivity contribution in [1.29, 1.82) is 0 Å². The van der Waals surface area contributed by atoms with Gasteiger partial charge in [-0.05, 0) is 37.8 Å². The molecule has 3 rings (SSSR count). The van der Waals surface area contributed by atoms with Crippen LogP contribution >= 0.6 is 0 Å². The first-order valence-corrected chi connectivity index (χ1v) is 8.64. The van der Waals surface area contributed by atoms with Gasteiger partial charge in [-0.3, -0.25) is 9.59 Å². The van der Waals surface area contributed by atoms with Crippen LogP contribution in [0.5, 0.6) is 5.75 Å². The Bertz CT molecular complexity index is 766. The molecule has 1 aliphatic rings. The number of fused-ring (bicyclic) bond motifs is 1. The lowest BCUT2D eigenvalue weighted by Gasteiger charge is -2.35. The Morgan fingerprint density at radius 2 is 2.20 bits per heavy atom. The lowest BCUT2D eigenvalue weighted by molar-refractivity contribution is -0.139. The molecule has 2 heterocycles.